The van der Waals surface area contributed by atoms with Crippen molar-refractivity contribution >= 4 is 17.5 Å². The third kappa shape index (κ3) is 5.50. The Morgan fingerprint density at radius 3 is 3.00 bits per heavy atom. The van der Waals surface area contributed by atoms with Crippen molar-refractivity contribution in [1.29, 1.82) is 5.41 Å². The molecule has 3 unspecified atom stereocenters. The fraction of sp³-hybridized carbons (Fsp3) is 0.448. The van der Waals surface area contributed by atoms with Gasteiger partial charge in [-0.25, -0.2) is 0 Å². The highest BCUT2D eigenvalue weighted by atomic mass is 16.5. The molecule has 0 saturated heterocycles. The fourth-order valence-electron chi connectivity index (χ4n) is 5.23. The van der Waals surface area contributed by atoms with E-state index >= 15 is 0 Å². The minimum Gasteiger partial charge on any atom is -0.487 e. The summed E-state index contributed by atoms with van der Waals surface area (Å²) in [7, 11) is 0. The monoisotopic (exact) mass is 485 g/mol. The number of aromatic nitrogens is 3. The first kappa shape index (κ1) is 24.2. The van der Waals surface area contributed by atoms with E-state index in [1.807, 2.05) is 35.2 Å². The minimum atomic E-state index is 0.158. The maximum absolute atomic E-state index is 8.35. The SMILES string of the molecule is CCC1=C2C(OCc3cn(CCC4CC(/C=C/c5ccco5)=NCC4=N)nn3)=C(C)C=CC(C)CC12. The number of fused-ring (bicyclic) bond motifs is 1. The number of ether oxygens (including phenoxy) is 1. The fourth-order valence-corrected chi connectivity index (χ4v) is 5.23. The molecule has 1 aliphatic heterocycles. The molecule has 0 radical (unpaired) electrons. The predicted octanol–water partition coefficient (Wildman–Crippen LogP) is 6.18. The van der Waals surface area contributed by atoms with Crippen molar-refractivity contribution in [2.24, 2.45) is 22.7 Å². The molecule has 0 fully saturated rings. The summed E-state index contributed by atoms with van der Waals surface area (Å²) >= 11 is 0. The van der Waals surface area contributed by atoms with Gasteiger partial charge >= 0.3 is 0 Å². The molecule has 7 nitrogen and oxygen atoms in total. The van der Waals surface area contributed by atoms with Crippen molar-refractivity contribution in [3.63, 3.8) is 0 Å². The molecular weight excluding hydrogens is 450 g/mol. The molecule has 36 heavy (non-hydrogen) atoms. The first-order valence-electron chi connectivity index (χ1n) is 13.0. The van der Waals surface area contributed by atoms with Crippen LogP contribution in [0.25, 0.3) is 6.08 Å². The number of nitrogens with zero attached hydrogens (tertiary/aromatic N) is 4. The van der Waals surface area contributed by atoms with E-state index in [9.17, 15) is 0 Å². The van der Waals surface area contributed by atoms with Crippen LogP contribution in [-0.4, -0.2) is 33.0 Å². The van der Waals surface area contributed by atoms with Gasteiger partial charge in [0.05, 0.1) is 19.0 Å². The summed E-state index contributed by atoms with van der Waals surface area (Å²) in [5, 5.41) is 17.0. The summed E-state index contributed by atoms with van der Waals surface area (Å²) in [4.78, 5) is 4.53. The van der Waals surface area contributed by atoms with Crippen molar-refractivity contribution < 1.29 is 9.15 Å². The van der Waals surface area contributed by atoms with E-state index in [0.29, 0.717) is 37.2 Å². The molecule has 0 saturated carbocycles. The van der Waals surface area contributed by atoms with E-state index in [1.165, 1.54) is 17.6 Å². The molecule has 3 aliphatic rings. The van der Waals surface area contributed by atoms with E-state index < -0.39 is 0 Å². The van der Waals surface area contributed by atoms with Crippen molar-refractivity contribution in [2.45, 2.75) is 59.6 Å². The molecule has 0 amide bonds. The second kappa shape index (κ2) is 10.6. The second-order valence-corrected chi connectivity index (χ2v) is 10.1. The summed E-state index contributed by atoms with van der Waals surface area (Å²) in [6.45, 7) is 8.24. The summed E-state index contributed by atoms with van der Waals surface area (Å²) in [5.74, 6) is 3.15. The Labute approximate surface area is 212 Å². The topological polar surface area (TPSA) is 89.3 Å². The van der Waals surface area contributed by atoms with Crippen molar-refractivity contribution in [2.75, 3.05) is 6.54 Å². The number of aryl methyl sites for hydroxylation is 1. The number of allylic oxidation sites excluding steroid dienone is 6. The smallest absolute Gasteiger partial charge is 0.134 e. The highest BCUT2D eigenvalue weighted by Crippen LogP contribution is 2.51. The molecule has 1 N–H and O–H groups in total. The predicted molar refractivity (Wildman–Crippen MR) is 142 cm³/mol. The third-order valence-electron chi connectivity index (χ3n) is 7.34. The summed E-state index contributed by atoms with van der Waals surface area (Å²) < 4.78 is 13.6. The van der Waals surface area contributed by atoms with Gasteiger partial charge in [-0.05, 0) is 68.4 Å². The van der Waals surface area contributed by atoms with E-state index in [0.717, 1.165) is 42.2 Å². The van der Waals surface area contributed by atoms with Crippen LogP contribution in [0.5, 0.6) is 0 Å². The zero-order valence-electron chi connectivity index (χ0n) is 21.4. The Hall–Kier alpha value is -3.48. The number of aliphatic imine (C=N–C) groups is 1. The van der Waals surface area contributed by atoms with Crippen LogP contribution in [-0.2, 0) is 17.9 Å². The molecule has 3 atom stereocenters. The van der Waals surface area contributed by atoms with E-state index in [2.05, 4.69) is 48.2 Å². The molecule has 2 aromatic rings. The Balaban J connectivity index is 1.16. The van der Waals surface area contributed by atoms with Gasteiger partial charge in [-0.3, -0.25) is 9.67 Å². The van der Waals surface area contributed by atoms with Gasteiger partial charge in [0.2, 0.25) is 0 Å². The Morgan fingerprint density at radius 1 is 1.31 bits per heavy atom. The molecule has 3 heterocycles. The van der Waals surface area contributed by atoms with Crippen LogP contribution in [0.3, 0.4) is 0 Å². The second-order valence-electron chi connectivity index (χ2n) is 10.1. The highest BCUT2D eigenvalue weighted by Gasteiger charge is 2.40. The summed E-state index contributed by atoms with van der Waals surface area (Å²) in [6, 6.07) is 3.79. The standard InChI is InChI=1S/C29H35N5O2/c1-4-25-26-14-19(2)7-8-20(3)29(28(25)26)36-18-23-17-34(33-32-23)12-11-21-15-22(31-16-27(21)30)9-10-24-6-5-13-35-24/h5-10,13,17,19,21,26,30H,4,11-12,14-16,18H2,1-3H3/b8-7?,10-9+,29-20?,30-27?. The average molecular weight is 486 g/mol. The largest absolute Gasteiger partial charge is 0.487 e. The maximum atomic E-state index is 8.35. The van der Waals surface area contributed by atoms with Gasteiger partial charge in [0.15, 0.2) is 0 Å². The minimum absolute atomic E-state index is 0.158. The van der Waals surface area contributed by atoms with Crippen LogP contribution in [0.1, 0.15) is 57.9 Å². The zero-order chi connectivity index (χ0) is 25.1. The van der Waals surface area contributed by atoms with Crippen LogP contribution in [0.2, 0.25) is 0 Å². The molecule has 0 spiro atoms. The maximum Gasteiger partial charge on any atom is 0.134 e. The van der Waals surface area contributed by atoms with Crippen molar-refractivity contribution in [3.05, 3.63) is 76.8 Å². The summed E-state index contributed by atoms with van der Waals surface area (Å²) in [6.07, 6.45) is 15.9. The number of rotatable bonds is 9. The lowest BCUT2D eigenvalue weighted by molar-refractivity contribution is 0.200. The molecule has 7 heteroatoms. The van der Waals surface area contributed by atoms with Crippen LogP contribution in [0, 0.1) is 23.2 Å². The van der Waals surface area contributed by atoms with E-state index in [4.69, 9.17) is 14.6 Å². The van der Waals surface area contributed by atoms with Gasteiger partial charge in [0, 0.05) is 35.4 Å². The van der Waals surface area contributed by atoms with Gasteiger partial charge in [-0.1, -0.05) is 36.8 Å². The van der Waals surface area contributed by atoms with Gasteiger partial charge < -0.3 is 14.6 Å². The van der Waals surface area contributed by atoms with Gasteiger partial charge in [0.1, 0.15) is 23.8 Å². The number of furan rings is 1. The van der Waals surface area contributed by atoms with Crippen LogP contribution >= 0.6 is 0 Å². The first-order chi connectivity index (χ1) is 17.5. The quantitative estimate of drug-likeness (QED) is 0.459. The molecular formula is C29H35N5O2. The lowest BCUT2D eigenvalue weighted by Gasteiger charge is -2.21. The van der Waals surface area contributed by atoms with Crippen molar-refractivity contribution in [1.82, 2.24) is 15.0 Å². The van der Waals surface area contributed by atoms with Gasteiger partial charge in [-0.15, -0.1) is 5.10 Å². The Kier molecular flexibility index (Phi) is 7.16. The molecule has 0 aromatic carbocycles. The first-order valence-corrected chi connectivity index (χ1v) is 13.0. The third-order valence-corrected chi connectivity index (χ3v) is 7.34. The number of hydrogen-bond acceptors (Lipinski definition) is 6. The normalized spacial score (nSPS) is 24.1. The molecule has 188 valence electrons. The number of hydrogen-bond donors (Lipinski definition) is 1. The van der Waals surface area contributed by atoms with Crippen LogP contribution in [0.15, 0.2) is 74.7 Å². The van der Waals surface area contributed by atoms with E-state index in [1.54, 1.807) is 11.8 Å². The molecule has 2 aliphatic carbocycles. The van der Waals surface area contributed by atoms with Crippen LogP contribution in [0.4, 0.5) is 0 Å². The highest BCUT2D eigenvalue weighted by molar-refractivity contribution is 6.04. The summed E-state index contributed by atoms with van der Waals surface area (Å²) in [5.41, 5.74) is 6.65. The van der Waals surface area contributed by atoms with Gasteiger partial charge in [-0.2, -0.15) is 0 Å². The number of nitrogens with one attached hydrogen (secondary N) is 1. The molecule has 2 aromatic heterocycles. The Morgan fingerprint density at radius 2 is 2.19 bits per heavy atom. The zero-order valence-corrected chi connectivity index (χ0v) is 21.4. The molecule has 0 bridgehead atoms. The lowest BCUT2D eigenvalue weighted by atomic mass is 9.90. The van der Waals surface area contributed by atoms with E-state index in [-0.39, 0.29) is 5.92 Å². The Bertz CT molecular complexity index is 1260. The average Bonchev–Trinajstić information content (AvgIpc) is 3.24. The van der Waals surface area contributed by atoms with Gasteiger partial charge in [0.25, 0.3) is 0 Å². The molecule has 5 rings (SSSR count). The van der Waals surface area contributed by atoms with Crippen LogP contribution < -0.4 is 0 Å². The lowest BCUT2D eigenvalue weighted by Crippen LogP contribution is -2.26. The van der Waals surface area contributed by atoms with Crippen molar-refractivity contribution in [3.8, 4) is 0 Å².